The molecule has 0 aliphatic carbocycles. The average molecular weight is 470 g/mol. The Balaban J connectivity index is 1.50. The summed E-state index contributed by atoms with van der Waals surface area (Å²) in [6.07, 6.45) is 4.44. The van der Waals surface area contributed by atoms with E-state index in [9.17, 15) is 13.2 Å². The van der Waals surface area contributed by atoms with Gasteiger partial charge in [-0.25, -0.2) is 18.2 Å². The van der Waals surface area contributed by atoms with Crippen molar-refractivity contribution in [1.82, 2.24) is 19.2 Å². The van der Waals surface area contributed by atoms with Gasteiger partial charge in [-0.3, -0.25) is 9.29 Å². The zero-order chi connectivity index (χ0) is 22.1. The third-order valence-electron chi connectivity index (χ3n) is 5.25. The molecular formula is C21H19N5O4S2. The summed E-state index contributed by atoms with van der Waals surface area (Å²) in [5.41, 5.74) is 3.99. The molecule has 32 heavy (non-hydrogen) atoms. The van der Waals surface area contributed by atoms with Gasteiger partial charge >= 0.3 is 5.76 Å². The summed E-state index contributed by atoms with van der Waals surface area (Å²) in [5.74, 6) is -0.544. The average Bonchev–Trinajstić information content (AvgIpc) is 3.41. The quantitative estimate of drug-likeness (QED) is 0.446. The molecule has 164 valence electrons. The lowest BCUT2D eigenvalue weighted by Crippen LogP contribution is -2.22. The van der Waals surface area contributed by atoms with Gasteiger partial charge in [0, 0.05) is 24.1 Å². The van der Waals surface area contributed by atoms with Crippen molar-refractivity contribution in [3.05, 3.63) is 76.5 Å². The number of fused-ring (bicyclic) bond motifs is 1. The Bertz CT molecular complexity index is 1470. The Kier molecular flexibility index (Phi) is 5.37. The predicted molar refractivity (Wildman–Crippen MR) is 122 cm³/mol. The Labute approximate surface area is 187 Å². The van der Waals surface area contributed by atoms with Crippen molar-refractivity contribution in [2.45, 2.75) is 17.9 Å². The SMILES string of the molecule is O=c1oc2cc(S(=O)(=O)Nc3ncns3)ccc2n1Cc1ccccc1C1=CCCNC1. The number of hydrogen-bond donors (Lipinski definition) is 2. The number of nitrogens with zero attached hydrogens (tertiary/aromatic N) is 3. The second-order valence-electron chi connectivity index (χ2n) is 7.29. The fourth-order valence-corrected chi connectivity index (χ4v) is 5.42. The molecular weight excluding hydrogens is 450 g/mol. The zero-order valence-corrected chi connectivity index (χ0v) is 18.4. The minimum Gasteiger partial charge on any atom is -0.408 e. The number of nitrogens with one attached hydrogen (secondary N) is 2. The van der Waals surface area contributed by atoms with E-state index in [1.165, 1.54) is 28.6 Å². The topological polar surface area (TPSA) is 119 Å². The smallest absolute Gasteiger partial charge is 0.408 e. The first-order valence-electron chi connectivity index (χ1n) is 9.92. The number of hydrogen-bond acceptors (Lipinski definition) is 8. The molecule has 3 heterocycles. The first-order valence-corrected chi connectivity index (χ1v) is 12.2. The maximum Gasteiger partial charge on any atom is 0.420 e. The molecule has 0 saturated heterocycles. The van der Waals surface area contributed by atoms with Crippen LogP contribution in [0.2, 0.25) is 0 Å². The molecule has 0 bridgehead atoms. The van der Waals surface area contributed by atoms with Crippen molar-refractivity contribution in [1.29, 1.82) is 0 Å². The lowest BCUT2D eigenvalue weighted by molar-refractivity contribution is 0.517. The summed E-state index contributed by atoms with van der Waals surface area (Å²) in [5, 5.41) is 3.53. The molecule has 0 radical (unpaired) electrons. The third kappa shape index (κ3) is 3.97. The van der Waals surface area contributed by atoms with Crippen molar-refractivity contribution in [3.63, 3.8) is 0 Å². The molecule has 1 aliphatic rings. The minimum atomic E-state index is -3.89. The molecule has 11 heteroatoms. The van der Waals surface area contributed by atoms with E-state index in [0.29, 0.717) is 12.1 Å². The van der Waals surface area contributed by atoms with Crippen LogP contribution in [0.4, 0.5) is 5.13 Å². The number of sulfonamides is 1. The first-order chi connectivity index (χ1) is 15.5. The normalized spacial score (nSPS) is 14.4. The minimum absolute atomic E-state index is 0.0278. The number of oxazole rings is 1. The van der Waals surface area contributed by atoms with Gasteiger partial charge in [0.1, 0.15) is 6.33 Å². The van der Waals surface area contributed by atoms with Crippen LogP contribution in [0.15, 0.2) is 69.0 Å². The molecule has 0 unspecified atom stereocenters. The van der Waals surface area contributed by atoms with Gasteiger partial charge in [-0.1, -0.05) is 30.3 Å². The van der Waals surface area contributed by atoms with Gasteiger partial charge < -0.3 is 9.73 Å². The molecule has 0 amide bonds. The second kappa shape index (κ2) is 8.34. The van der Waals surface area contributed by atoms with E-state index < -0.39 is 15.8 Å². The molecule has 0 fully saturated rings. The standard InChI is InChI=1S/C21H19N5O4S2/c27-21-26(12-15-4-1-2-6-17(15)14-5-3-9-22-11-14)18-8-7-16(10-19(18)30-21)32(28,29)25-20-23-13-24-31-20/h1-2,4-8,10,13,22H,3,9,11-12H2,(H,23,24,25). The summed E-state index contributed by atoms with van der Waals surface area (Å²) in [6, 6.07) is 12.3. The van der Waals surface area contributed by atoms with Crippen LogP contribution in [-0.4, -0.2) is 35.4 Å². The Morgan fingerprint density at radius 1 is 1.22 bits per heavy atom. The highest BCUT2D eigenvalue weighted by molar-refractivity contribution is 7.93. The maximum atomic E-state index is 12.6. The van der Waals surface area contributed by atoms with Gasteiger partial charge in [0.05, 0.1) is 17.0 Å². The predicted octanol–water partition coefficient (Wildman–Crippen LogP) is 2.67. The van der Waals surface area contributed by atoms with Gasteiger partial charge in [0.2, 0.25) is 5.13 Å². The molecule has 1 aliphatic heterocycles. The van der Waals surface area contributed by atoms with Crippen LogP contribution < -0.4 is 15.8 Å². The van der Waals surface area contributed by atoms with E-state index in [0.717, 1.165) is 42.2 Å². The van der Waals surface area contributed by atoms with E-state index in [-0.39, 0.29) is 15.6 Å². The Morgan fingerprint density at radius 2 is 2.09 bits per heavy atom. The summed E-state index contributed by atoms with van der Waals surface area (Å²) in [7, 11) is -3.89. The first kappa shape index (κ1) is 20.6. The van der Waals surface area contributed by atoms with E-state index >= 15 is 0 Å². The largest absolute Gasteiger partial charge is 0.420 e. The molecule has 0 saturated carbocycles. The lowest BCUT2D eigenvalue weighted by atomic mass is 9.97. The number of benzene rings is 2. The van der Waals surface area contributed by atoms with Crippen LogP contribution in [0.25, 0.3) is 16.7 Å². The summed E-state index contributed by atoms with van der Waals surface area (Å²) >= 11 is 0.931. The van der Waals surface area contributed by atoms with E-state index in [2.05, 4.69) is 25.5 Å². The summed E-state index contributed by atoms with van der Waals surface area (Å²) < 4.78 is 38.3. The van der Waals surface area contributed by atoms with E-state index in [4.69, 9.17) is 4.42 Å². The number of rotatable bonds is 6. The third-order valence-corrected chi connectivity index (χ3v) is 7.30. The highest BCUT2D eigenvalue weighted by Crippen LogP contribution is 2.25. The molecule has 9 nitrogen and oxygen atoms in total. The molecule has 0 spiro atoms. The van der Waals surface area contributed by atoms with E-state index in [1.54, 1.807) is 6.07 Å². The zero-order valence-electron chi connectivity index (χ0n) is 16.8. The number of anilines is 1. The van der Waals surface area contributed by atoms with Crippen molar-refractivity contribution >= 4 is 43.4 Å². The van der Waals surface area contributed by atoms with Gasteiger partial charge in [-0.2, -0.15) is 4.37 Å². The molecule has 2 N–H and O–H groups in total. The fraction of sp³-hybridized carbons (Fsp3) is 0.190. The summed E-state index contributed by atoms with van der Waals surface area (Å²) in [6.45, 7) is 2.05. The van der Waals surface area contributed by atoms with Crippen LogP contribution in [0.3, 0.4) is 0 Å². The highest BCUT2D eigenvalue weighted by atomic mass is 32.2. The van der Waals surface area contributed by atoms with Crippen LogP contribution >= 0.6 is 11.5 Å². The fourth-order valence-electron chi connectivity index (χ4n) is 3.75. The molecule has 5 rings (SSSR count). The Morgan fingerprint density at radius 3 is 2.88 bits per heavy atom. The van der Waals surface area contributed by atoms with Gasteiger partial charge in [-0.15, -0.1) is 0 Å². The molecule has 0 atom stereocenters. The van der Waals surface area contributed by atoms with E-state index in [1.807, 2.05) is 24.3 Å². The Hall–Kier alpha value is -3.28. The van der Waals surface area contributed by atoms with Crippen molar-refractivity contribution in [2.75, 3.05) is 17.8 Å². The molecule has 2 aromatic heterocycles. The molecule has 4 aromatic rings. The van der Waals surface area contributed by atoms with Crippen molar-refractivity contribution in [2.24, 2.45) is 0 Å². The monoisotopic (exact) mass is 469 g/mol. The van der Waals surface area contributed by atoms with Crippen LogP contribution in [0.5, 0.6) is 0 Å². The second-order valence-corrected chi connectivity index (χ2v) is 9.75. The molecule has 2 aromatic carbocycles. The van der Waals surface area contributed by atoms with Gasteiger partial charge in [-0.05, 0) is 41.8 Å². The highest BCUT2D eigenvalue weighted by Gasteiger charge is 2.20. The van der Waals surface area contributed by atoms with Crippen LogP contribution in [0, 0.1) is 0 Å². The van der Waals surface area contributed by atoms with Crippen LogP contribution in [-0.2, 0) is 16.6 Å². The van der Waals surface area contributed by atoms with Crippen LogP contribution in [0.1, 0.15) is 17.5 Å². The van der Waals surface area contributed by atoms with Crippen molar-refractivity contribution < 1.29 is 12.8 Å². The van der Waals surface area contributed by atoms with Crippen molar-refractivity contribution in [3.8, 4) is 0 Å². The van der Waals surface area contributed by atoms with Gasteiger partial charge in [0.25, 0.3) is 10.0 Å². The lowest BCUT2D eigenvalue weighted by Gasteiger charge is -2.17. The maximum absolute atomic E-state index is 12.6. The van der Waals surface area contributed by atoms with Gasteiger partial charge in [0.15, 0.2) is 5.58 Å². The summed E-state index contributed by atoms with van der Waals surface area (Å²) in [4.78, 5) is 16.4. The number of aromatic nitrogens is 3.